The van der Waals surface area contributed by atoms with Gasteiger partial charge in [0.25, 0.3) is 10.0 Å². The summed E-state index contributed by atoms with van der Waals surface area (Å²) in [5, 5.41) is 2.82. The molecule has 0 spiro atoms. The van der Waals surface area contributed by atoms with Crippen LogP contribution in [-0.2, 0) is 27.8 Å². The van der Waals surface area contributed by atoms with Crippen LogP contribution >= 0.6 is 0 Å². The zero-order valence-corrected chi connectivity index (χ0v) is 18.0. The Balaban J connectivity index is 1.83. The van der Waals surface area contributed by atoms with Crippen molar-refractivity contribution >= 4 is 21.6 Å². The number of hydrogen-bond donors (Lipinski definition) is 1. The number of carbonyl (C=O) groups is 1. The number of sulfonamides is 1. The molecule has 0 saturated carbocycles. The second-order valence-electron chi connectivity index (χ2n) is 7.11. The van der Waals surface area contributed by atoms with Crippen LogP contribution < -0.4 is 9.62 Å². The molecule has 0 fully saturated rings. The standard InChI is InChI=1S/C24H26N2O3S/c1-3-20-13-15-22(16-14-20)26(30(28,29)23-7-5-4-6-8-23)18-24(27)25-17-21-11-9-19(2)10-12-21/h4-16H,3,17-18H2,1-2H3,(H,25,27). The molecule has 156 valence electrons. The lowest BCUT2D eigenvalue weighted by Crippen LogP contribution is -2.40. The highest BCUT2D eigenvalue weighted by Crippen LogP contribution is 2.24. The normalized spacial score (nSPS) is 11.1. The Morgan fingerprint density at radius 3 is 2.07 bits per heavy atom. The van der Waals surface area contributed by atoms with Gasteiger partial charge in [0.15, 0.2) is 0 Å². The zero-order chi connectivity index (χ0) is 21.6. The predicted molar refractivity (Wildman–Crippen MR) is 120 cm³/mol. The van der Waals surface area contributed by atoms with E-state index in [4.69, 9.17) is 0 Å². The number of carbonyl (C=O) groups excluding carboxylic acids is 1. The van der Waals surface area contributed by atoms with Crippen LogP contribution in [0.15, 0.2) is 83.8 Å². The maximum absolute atomic E-state index is 13.3. The molecular formula is C24H26N2O3S. The van der Waals surface area contributed by atoms with Gasteiger partial charge in [-0.1, -0.05) is 67.1 Å². The van der Waals surface area contributed by atoms with E-state index < -0.39 is 10.0 Å². The Morgan fingerprint density at radius 1 is 0.867 bits per heavy atom. The van der Waals surface area contributed by atoms with Crippen molar-refractivity contribution in [3.8, 4) is 0 Å². The summed E-state index contributed by atoms with van der Waals surface area (Å²) in [5.41, 5.74) is 3.65. The summed E-state index contributed by atoms with van der Waals surface area (Å²) >= 11 is 0. The average molecular weight is 423 g/mol. The van der Waals surface area contributed by atoms with Crippen molar-refractivity contribution < 1.29 is 13.2 Å². The largest absolute Gasteiger partial charge is 0.350 e. The number of rotatable bonds is 8. The summed E-state index contributed by atoms with van der Waals surface area (Å²) in [5.74, 6) is -0.366. The van der Waals surface area contributed by atoms with Gasteiger partial charge < -0.3 is 5.32 Å². The van der Waals surface area contributed by atoms with Crippen molar-refractivity contribution in [1.29, 1.82) is 0 Å². The fourth-order valence-corrected chi connectivity index (χ4v) is 4.47. The minimum absolute atomic E-state index is 0.149. The molecule has 0 unspecified atom stereocenters. The van der Waals surface area contributed by atoms with Gasteiger partial charge in [0, 0.05) is 6.54 Å². The van der Waals surface area contributed by atoms with Crippen LogP contribution in [0.4, 0.5) is 5.69 Å². The SMILES string of the molecule is CCc1ccc(N(CC(=O)NCc2ccc(C)cc2)S(=O)(=O)c2ccccc2)cc1. The summed E-state index contributed by atoms with van der Waals surface area (Å²) in [6.45, 7) is 4.08. The lowest BCUT2D eigenvalue weighted by molar-refractivity contribution is -0.119. The highest BCUT2D eigenvalue weighted by molar-refractivity contribution is 7.92. The molecule has 0 aliphatic carbocycles. The Morgan fingerprint density at radius 2 is 1.47 bits per heavy atom. The summed E-state index contributed by atoms with van der Waals surface area (Å²) in [7, 11) is -3.88. The van der Waals surface area contributed by atoms with Gasteiger partial charge in [0.05, 0.1) is 10.6 Å². The van der Waals surface area contributed by atoms with Crippen LogP contribution in [0.5, 0.6) is 0 Å². The van der Waals surface area contributed by atoms with Gasteiger partial charge in [-0.2, -0.15) is 0 Å². The number of benzene rings is 3. The van der Waals surface area contributed by atoms with E-state index in [1.165, 1.54) is 12.1 Å². The maximum Gasteiger partial charge on any atom is 0.264 e. The smallest absolute Gasteiger partial charge is 0.264 e. The van der Waals surface area contributed by atoms with Crippen LogP contribution in [-0.4, -0.2) is 20.9 Å². The fourth-order valence-electron chi connectivity index (χ4n) is 3.03. The number of nitrogens with one attached hydrogen (secondary N) is 1. The summed E-state index contributed by atoms with van der Waals surface area (Å²) in [4.78, 5) is 12.8. The molecule has 6 heteroatoms. The first-order valence-corrected chi connectivity index (χ1v) is 11.3. The molecule has 1 amide bonds. The molecule has 0 saturated heterocycles. The van der Waals surface area contributed by atoms with Crippen molar-refractivity contribution in [2.24, 2.45) is 0 Å². The molecule has 0 bridgehead atoms. The Kier molecular flexibility index (Phi) is 6.90. The molecule has 3 aromatic carbocycles. The van der Waals surface area contributed by atoms with Crippen LogP contribution in [0, 0.1) is 6.92 Å². The molecule has 0 aliphatic heterocycles. The van der Waals surface area contributed by atoms with Crippen molar-refractivity contribution in [1.82, 2.24) is 5.32 Å². The predicted octanol–water partition coefficient (Wildman–Crippen LogP) is 4.07. The third-order valence-electron chi connectivity index (χ3n) is 4.86. The quantitative estimate of drug-likeness (QED) is 0.595. The molecule has 0 aliphatic rings. The lowest BCUT2D eigenvalue weighted by atomic mass is 10.1. The summed E-state index contributed by atoms with van der Waals surface area (Å²) in [6, 6.07) is 23.2. The Bertz CT molecular complexity index is 1080. The van der Waals surface area contributed by atoms with Crippen molar-refractivity contribution in [2.75, 3.05) is 10.8 Å². The molecule has 5 nitrogen and oxygen atoms in total. The van der Waals surface area contributed by atoms with Crippen molar-refractivity contribution in [3.63, 3.8) is 0 Å². The number of aryl methyl sites for hydroxylation is 2. The van der Waals surface area contributed by atoms with Crippen molar-refractivity contribution in [3.05, 3.63) is 95.6 Å². The van der Waals surface area contributed by atoms with E-state index in [1.54, 1.807) is 30.3 Å². The topological polar surface area (TPSA) is 66.5 Å². The summed E-state index contributed by atoms with van der Waals surface area (Å²) in [6.07, 6.45) is 0.850. The summed E-state index contributed by atoms with van der Waals surface area (Å²) < 4.78 is 27.7. The van der Waals surface area contributed by atoms with Gasteiger partial charge in [-0.15, -0.1) is 0 Å². The van der Waals surface area contributed by atoms with Crippen LogP contribution in [0.25, 0.3) is 0 Å². The molecular weight excluding hydrogens is 396 g/mol. The highest BCUT2D eigenvalue weighted by Gasteiger charge is 2.27. The number of hydrogen-bond acceptors (Lipinski definition) is 3. The van der Waals surface area contributed by atoms with E-state index in [-0.39, 0.29) is 17.3 Å². The van der Waals surface area contributed by atoms with E-state index in [1.807, 2.05) is 50.2 Å². The van der Waals surface area contributed by atoms with E-state index in [9.17, 15) is 13.2 Å². The second-order valence-corrected chi connectivity index (χ2v) is 8.97. The van der Waals surface area contributed by atoms with E-state index in [0.29, 0.717) is 12.2 Å². The number of nitrogens with zero attached hydrogens (tertiary/aromatic N) is 1. The molecule has 0 atom stereocenters. The van der Waals surface area contributed by atoms with Gasteiger partial charge in [0.2, 0.25) is 5.91 Å². The van der Waals surface area contributed by atoms with Crippen LogP contribution in [0.2, 0.25) is 0 Å². The zero-order valence-electron chi connectivity index (χ0n) is 17.2. The Labute approximate surface area is 178 Å². The molecule has 0 aromatic heterocycles. The van der Waals surface area contributed by atoms with Gasteiger partial charge in [-0.3, -0.25) is 9.10 Å². The minimum atomic E-state index is -3.88. The molecule has 3 rings (SSSR count). The maximum atomic E-state index is 13.3. The number of anilines is 1. The molecule has 0 heterocycles. The highest BCUT2D eigenvalue weighted by atomic mass is 32.2. The second kappa shape index (κ2) is 9.59. The van der Waals surface area contributed by atoms with E-state index >= 15 is 0 Å². The third-order valence-corrected chi connectivity index (χ3v) is 6.65. The first-order chi connectivity index (χ1) is 14.4. The lowest BCUT2D eigenvalue weighted by Gasteiger charge is -2.24. The first-order valence-electron chi connectivity index (χ1n) is 9.89. The van der Waals surface area contributed by atoms with Crippen LogP contribution in [0.3, 0.4) is 0 Å². The van der Waals surface area contributed by atoms with Crippen molar-refractivity contribution in [2.45, 2.75) is 31.7 Å². The molecule has 30 heavy (non-hydrogen) atoms. The number of amides is 1. The average Bonchev–Trinajstić information content (AvgIpc) is 2.77. The van der Waals surface area contributed by atoms with Gasteiger partial charge in [0.1, 0.15) is 6.54 Å². The fraction of sp³-hybridized carbons (Fsp3) is 0.208. The van der Waals surface area contributed by atoms with Crippen LogP contribution in [0.1, 0.15) is 23.6 Å². The minimum Gasteiger partial charge on any atom is -0.350 e. The van der Waals surface area contributed by atoms with E-state index in [0.717, 1.165) is 27.4 Å². The Hall–Kier alpha value is -3.12. The first kappa shape index (κ1) is 21.6. The van der Waals surface area contributed by atoms with Gasteiger partial charge in [-0.25, -0.2) is 8.42 Å². The van der Waals surface area contributed by atoms with E-state index in [2.05, 4.69) is 5.32 Å². The molecule has 3 aromatic rings. The molecule has 0 radical (unpaired) electrons. The third kappa shape index (κ3) is 5.27. The van der Waals surface area contributed by atoms with Gasteiger partial charge >= 0.3 is 0 Å². The van der Waals surface area contributed by atoms with Gasteiger partial charge in [-0.05, 0) is 48.7 Å². The molecule has 1 N–H and O–H groups in total. The monoisotopic (exact) mass is 422 g/mol.